The molecule has 1 N–H and O–H groups in total. The lowest BCUT2D eigenvalue weighted by atomic mass is 10.0. The van der Waals surface area contributed by atoms with Crippen LogP contribution in [0.5, 0.6) is 5.75 Å². The molecular formula is C18H18FNO2S. The molecule has 0 spiro atoms. The molecule has 1 aliphatic rings. The van der Waals surface area contributed by atoms with E-state index in [0.717, 1.165) is 22.6 Å². The van der Waals surface area contributed by atoms with E-state index in [-0.39, 0.29) is 17.8 Å². The van der Waals surface area contributed by atoms with Crippen molar-refractivity contribution in [2.24, 2.45) is 0 Å². The highest BCUT2D eigenvalue weighted by atomic mass is 32.2. The first-order valence-electron chi connectivity index (χ1n) is 7.62. The predicted octanol–water partition coefficient (Wildman–Crippen LogP) is 3.95. The first-order chi connectivity index (χ1) is 11.2. The van der Waals surface area contributed by atoms with Gasteiger partial charge in [0.05, 0.1) is 12.6 Å². The van der Waals surface area contributed by atoms with Crippen LogP contribution in [0.2, 0.25) is 0 Å². The van der Waals surface area contributed by atoms with E-state index in [2.05, 4.69) is 5.32 Å². The summed E-state index contributed by atoms with van der Waals surface area (Å²) >= 11 is 1.55. The number of para-hydroxylation sites is 1. The third kappa shape index (κ3) is 4.26. The summed E-state index contributed by atoms with van der Waals surface area (Å²) < 4.78 is 18.4. The van der Waals surface area contributed by atoms with E-state index in [1.165, 1.54) is 12.1 Å². The molecule has 1 heterocycles. The van der Waals surface area contributed by atoms with Gasteiger partial charge in [-0.05, 0) is 30.3 Å². The lowest BCUT2D eigenvalue weighted by Crippen LogP contribution is -2.32. The number of carbonyl (C=O) groups is 1. The number of benzene rings is 2. The Kier molecular flexibility index (Phi) is 5.18. The summed E-state index contributed by atoms with van der Waals surface area (Å²) in [5, 5.41) is 3.08. The zero-order valence-corrected chi connectivity index (χ0v) is 13.4. The van der Waals surface area contributed by atoms with Gasteiger partial charge in [0.25, 0.3) is 0 Å². The van der Waals surface area contributed by atoms with Crippen molar-refractivity contribution in [3.05, 3.63) is 59.9 Å². The zero-order chi connectivity index (χ0) is 16.1. The third-order valence-electron chi connectivity index (χ3n) is 3.71. The summed E-state index contributed by atoms with van der Waals surface area (Å²) in [5.74, 6) is 1.30. The molecule has 0 aliphatic carbocycles. The Hall–Kier alpha value is -2.01. The van der Waals surface area contributed by atoms with Gasteiger partial charge in [0, 0.05) is 29.1 Å². The Bertz CT molecular complexity index is 675. The smallest absolute Gasteiger partial charge is 0.221 e. The van der Waals surface area contributed by atoms with E-state index in [4.69, 9.17) is 4.74 Å². The highest BCUT2D eigenvalue weighted by molar-refractivity contribution is 7.99. The Morgan fingerprint density at radius 1 is 1.22 bits per heavy atom. The largest absolute Gasteiger partial charge is 0.493 e. The number of halogens is 1. The van der Waals surface area contributed by atoms with Crippen molar-refractivity contribution in [1.29, 1.82) is 0 Å². The van der Waals surface area contributed by atoms with E-state index in [1.807, 2.05) is 24.3 Å². The number of nitrogens with one attached hydrogen (secondary N) is 1. The zero-order valence-electron chi connectivity index (χ0n) is 12.6. The molecule has 1 aliphatic heterocycles. The lowest BCUT2D eigenvalue weighted by Gasteiger charge is -2.26. The van der Waals surface area contributed by atoms with Gasteiger partial charge in [-0.1, -0.05) is 18.2 Å². The number of carbonyl (C=O) groups excluding carboxylic acids is 1. The van der Waals surface area contributed by atoms with Gasteiger partial charge >= 0.3 is 0 Å². The average molecular weight is 331 g/mol. The monoisotopic (exact) mass is 331 g/mol. The van der Waals surface area contributed by atoms with Crippen LogP contribution in [0.3, 0.4) is 0 Å². The molecule has 5 heteroatoms. The van der Waals surface area contributed by atoms with Crippen LogP contribution < -0.4 is 10.1 Å². The first kappa shape index (κ1) is 15.9. The van der Waals surface area contributed by atoms with E-state index in [1.54, 1.807) is 23.9 Å². The molecule has 0 fully saturated rings. The minimum Gasteiger partial charge on any atom is -0.493 e. The van der Waals surface area contributed by atoms with Crippen molar-refractivity contribution in [2.45, 2.75) is 23.8 Å². The molecule has 1 amide bonds. The van der Waals surface area contributed by atoms with Crippen molar-refractivity contribution in [2.75, 3.05) is 12.4 Å². The summed E-state index contributed by atoms with van der Waals surface area (Å²) in [5.41, 5.74) is 1.04. The van der Waals surface area contributed by atoms with Crippen LogP contribution in [0.25, 0.3) is 0 Å². The minimum absolute atomic E-state index is 0.0169. The molecule has 0 radical (unpaired) electrons. The standard InChI is InChI=1S/C18H18FNO2S/c19-13-5-7-14(8-6-13)23-12-10-18(21)20-16-9-11-22-17-4-2-1-3-15(16)17/h1-8,16H,9-12H2,(H,20,21)/t16-/m1/s1. The summed E-state index contributed by atoms with van der Waals surface area (Å²) in [7, 11) is 0. The lowest BCUT2D eigenvalue weighted by molar-refractivity contribution is -0.121. The molecule has 2 aromatic carbocycles. The van der Waals surface area contributed by atoms with Gasteiger partial charge in [-0.25, -0.2) is 4.39 Å². The van der Waals surface area contributed by atoms with Gasteiger partial charge in [0.2, 0.25) is 5.91 Å². The number of ether oxygens (including phenoxy) is 1. The van der Waals surface area contributed by atoms with Gasteiger partial charge < -0.3 is 10.1 Å². The van der Waals surface area contributed by atoms with Gasteiger partial charge in [-0.2, -0.15) is 0 Å². The van der Waals surface area contributed by atoms with Crippen molar-refractivity contribution < 1.29 is 13.9 Å². The molecule has 2 aromatic rings. The summed E-state index contributed by atoms with van der Waals surface area (Å²) in [6.07, 6.45) is 1.22. The molecule has 0 aromatic heterocycles. The van der Waals surface area contributed by atoms with Crippen molar-refractivity contribution in [3.63, 3.8) is 0 Å². The average Bonchev–Trinajstić information content (AvgIpc) is 2.57. The molecule has 0 bridgehead atoms. The fourth-order valence-electron chi connectivity index (χ4n) is 2.55. The number of rotatable bonds is 5. The quantitative estimate of drug-likeness (QED) is 0.843. The second-order valence-corrected chi connectivity index (χ2v) is 6.52. The minimum atomic E-state index is -0.245. The molecule has 0 unspecified atom stereocenters. The third-order valence-corrected chi connectivity index (χ3v) is 4.72. The summed E-state index contributed by atoms with van der Waals surface area (Å²) in [6.45, 7) is 0.617. The Labute approximate surface area is 139 Å². The maximum absolute atomic E-state index is 12.8. The van der Waals surface area contributed by atoms with Gasteiger partial charge in [-0.3, -0.25) is 4.79 Å². The van der Waals surface area contributed by atoms with Crippen molar-refractivity contribution >= 4 is 17.7 Å². The van der Waals surface area contributed by atoms with Crippen LogP contribution in [-0.2, 0) is 4.79 Å². The highest BCUT2D eigenvalue weighted by Crippen LogP contribution is 2.31. The van der Waals surface area contributed by atoms with Crippen LogP contribution in [-0.4, -0.2) is 18.3 Å². The van der Waals surface area contributed by atoms with E-state index >= 15 is 0 Å². The van der Waals surface area contributed by atoms with Gasteiger partial charge in [-0.15, -0.1) is 11.8 Å². The van der Waals surface area contributed by atoms with Gasteiger partial charge in [0.1, 0.15) is 11.6 Å². The maximum atomic E-state index is 12.8. The van der Waals surface area contributed by atoms with Crippen LogP contribution in [0.4, 0.5) is 4.39 Å². The SMILES string of the molecule is O=C(CCSc1ccc(F)cc1)N[C@@H]1CCOc2ccccc21. The molecule has 0 saturated heterocycles. The molecule has 0 saturated carbocycles. The maximum Gasteiger partial charge on any atom is 0.221 e. The van der Waals surface area contributed by atoms with Gasteiger partial charge in [0.15, 0.2) is 0 Å². The van der Waals surface area contributed by atoms with E-state index in [0.29, 0.717) is 18.8 Å². The number of hydrogen-bond acceptors (Lipinski definition) is 3. The van der Waals surface area contributed by atoms with Crippen LogP contribution >= 0.6 is 11.8 Å². The predicted molar refractivity (Wildman–Crippen MR) is 89.2 cm³/mol. The molecule has 120 valence electrons. The van der Waals surface area contributed by atoms with Crippen LogP contribution in [0.1, 0.15) is 24.4 Å². The van der Waals surface area contributed by atoms with Crippen LogP contribution in [0.15, 0.2) is 53.4 Å². The number of hydrogen-bond donors (Lipinski definition) is 1. The number of thioether (sulfide) groups is 1. The Morgan fingerprint density at radius 3 is 2.83 bits per heavy atom. The van der Waals surface area contributed by atoms with E-state index < -0.39 is 0 Å². The molecule has 3 nitrogen and oxygen atoms in total. The summed E-state index contributed by atoms with van der Waals surface area (Å²) in [6, 6.07) is 14.1. The second-order valence-electron chi connectivity index (χ2n) is 5.35. The second kappa shape index (κ2) is 7.51. The summed E-state index contributed by atoms with van der Waals surface area (Å²) in [4.78, 5) is 13.1. The normalized spacial score (nSPS) is 16.3. The Balaban J connectivity index is 1.49. The fraction of sp³-hybridized carbons (Fsp3) is 0.278. The van der Waals surface area contributed by atoms with Crippen molar-refractivity contribution in [3.8, 4) is 5.75 Å². The molecular weight excluding hydrogens is 313 g/mol. The van der Waals surface area contributed by atoms with Crippen LogP contribution in [0, 0.1) is 5.82 Å². The number of amides is 1. The van der Waals surface area contributed by atoms with Crippen molar-refractivity contribution in [1.82, 2.24) is 5.32 Å². The first-order valence-corrected chi connectivity index (χ1v) is 8.60. The molecule has 3 rings (SSSR count). The molecule has 1 atom stereocenters. The molecule has 23 heavy (non-hydrogen) atoms. The Morgan fingerprint density at radius 2 is 2.00 bits per heavy atom. The van der Waals surface area contributed by atoms with E-state index in [9.17, 15) is 9.18 Å². The number of fused-ring (bicyclic) bond motifs is 1. The fourth-order valence-corrected chi connectivity index (χ4v) is 3.40. The topological polar surface area (TPSA) is 38.3 Å². The highest BCUT2D eigenvalue weighted by Gasteiger charge is 2.22.